The third-order valence-electron chi connectivity index (χ3n) is 3.24. The van der Waals surface area contributed by atoms with Gasteiger partial charge in [-0.15, -0.1) is 0 Å². The number of hydrogen-bond donors (Lipinski definition) is 0. The summed E-state index contributed by atoms with van der Waals surface area (Å²) in [5.74, 6) is 1.13. The number of benzene rings is 2. The molecule has 1 aliphatic heterocycles. The summed E-state index contributed by atoms with van der Waals surface area (Å²) in [5.41, 5.74) is 1.24. The SMILES string of the molecule is CC(=O)CC1Cc2c(ccc3ccccc23)O1. The molecule has 0 saturated heterocycles. The van der Waals surface area contributed by atoms with Crippen molar-refractivity contribution in [1.29, 1.82) is 0 Å². The molecule has 0 amide bonds. The molecule has 0 saturated carbocycles. The zero-order valence-corrected chi connectivity index (χ0v) is 9.77. The number of ketones is 1. The molecule has 0 aliphatic carbocycles. The second-order valence-corrected chi connectivity index (χ2v) is 4.61. The second-order valence-electron chi connectivity index (χ2n) is 4.61. The van der Waals surface area contributed by atoms with Crippen LogP contribution in [0.2, 0.25) is 0 Å². The highest BCUT2D eigenvalue weighted by Crippen LogP contribution is 2.35. The van der Waals surface area contributed by atoms with Crippen LogP contribution >= 0.6 is 0 Å². The minimum atomic E-state index is 0.0216. The Labute approximate surface area is 100 Å². The molecule has 1 unspecified atom stereocenters. The van der Waals surface area contributed by atoms with Gasteiger partial charge >= 0.3 is 0 Å². The van der Waals surface area contributed by atoms with E-state index in [-0.39, 0.29) is 11.9 Å². The lowest BCUT2D eigenvalue weighted by Gasteiger charge is -2.07. The highest BCUT2D eigenvalue weighted by atomic mass is 16.5. The molecule has 0 spiro atoms. The summed E-state index contributed by atoms with van der Waals surface area (Å²) in [6.07, 6.45) is 1.37. The van der Waals surface area contributed by atoms with Crippen molar-refractivity contribution < 1.29 is 9.53 Å². The summed E-state index contributed by atoms with van der Waals surface area (Å²) in [7, 11) is 0. The van der Waals surface area contributed by atoms with Crippen LogP contribution in [0.25, 0.3) is 10.8 Å². The van der Waals surface area contributed by atoms with Crippen molar-refractivity contribution in [2.45, 2.75) is 25.9 Å². The molecule has 3 rings (SSSR count). The highest BCUT2D eigenvalue weighted by molar-refractivity contribution is 5.88. The molecule has 0 aromatic heterocycles. The first-order chi connectivity index (χ1) is 8.24. The molecule has 0 fully saturated rings. The van der Waals surface area contributed by atoms with E-state index < -0.39 is 0 Å². The van der Waals surface area contributed by atoms with Crippen LogP contribution in [0.4, 0.5) is 0 Å². The quantitative estimate of drug-likeness (QED) is 0.786. The fraction of sp³-hybridized carbons (Fsp3) is 0.267. The van der Waals surface area contributed by atoms with Crippen molar-refractivity contribution in [1.82, 2.24) is 0 Å². The van der Waals surface area contributed by atoms with E-state index in [0.717, 1.165) is 12.2 Å². The van der Waals surface area contributed by atoms with Gasteiger partial charge in [0, 0.05) is 18.4 Å². The summed E-state index contributed by atoms with van der Waals surface area (Å²) in [6, 6.07) is 12.4. The number of fused-ring (bicyclic) bond motifs is 3. The average molecular weight is 226 g/mol. The Kier molecular flexibility index (Phi) is 2.36. The van der Waals surface area contributed by atoms with E-state index in [9.17, 15) is 4.79 Å². The third-order valence-corrected chi connectivity index (χ3v) is 3.24. The first-order valence-electron chi connectivity index (χ1n) is 5.91. The van der Waals surface area contributed by atoms with Crippen molar-refractivity contribution >= 4 is 16.6 Å². The number of rotatable bonds is 2. The van der Waals surface area contributed by atoms with Crippen molar-refractivity contribution in [3.05, 3.63) is 42.0 Å². The van der Waals surface area contributed by atoms with Gasteiger partial charge in [-0.25, -0.2) is 0 Å². The third kappa shape index (κ3) is 1.80. The van der Waals surface area contributed by atoms with Crippen molar-refractivity contribution in [2.75, 3.05) is 0 Å². The lowest BCUT2D eigenvalue weighted by Crippen LogP contribution is -2.16. The van der Waals surface area contributed by atoms with Crippen LogP contribution in [-0.4, -0.2) is 11.9 Å². The van der Waals surface area contributed by atoms with Gasteiger partial charge in [0.15, 0.2) is 0 Å². The molecule has 86 valence electrons. The van der Waals surface area contributed by atoms with E-state index in [0.29, 0.717) is 6.42 Å². The highest BCUT2D eigenvalue weighted by Gasteiger charge is 2.25. The Balaban J connectivity index is 2.02. The van der Waals surface area contributed by atoms with Gasteiger partial charge in [-0.1, -0.05) is 30.3 Å². The van der Waals surface area contributed by atoms with Gasteiger partial charge < -0.3 is 4.74 Å². The normalized spacial score (nSPS) is 17.8. The standard InChI is InChI=1S/C15H14O2/c1-10(16)8-12-9-14-13-5-3-2-4-11(13)6-7-15(14)17-12/h2-7,12H,8-9H2,1H3. The Bertz CT molecular complexity index is 586. The van der Waals surface area contributed by atoms with E-state index in [4.69, 9.17) is 4.74 Å². The maximum absolute atomic E-state index is 11.1. The van der Waals surface area contributed by atoms with Gasteiger partial charge in [-0.2, -0.15) is 0 Å². The van der Waals surface area contributed by atoms with Gasteiger partial charge in [-0.3, -0.25) is 4.79 Å². The van der Waals surface area contributed by atoms with Gasteiger partial charge in [0.05, 0.1) is 0 Å². The van der Waals surface area contributed by atoms with Crippen LogP contribution < -0.4 is 4.74 Å². The summed E-state index contributed by atoms with van der Waals surface area (Å²) in [5, 5.41) is 2.48. The Morgan fingerprint density at radius 2 is 2.12 bits per heavy atom. The Hall–Kier alpha value is -1.83. The summed E-state index contributed by atoms with van der Waals surface area (Å²) in [6.45, 7) is 1.62. The van der Waals surface area contributed by atoms with Crippen LogP contribution in [0.3, 0.4) is 0 Å². The molecular formula is C15H14O2. The zero-order chi connectivity index (χ0) is 11.8. The van der Waals surface area contributed by atoms with E-state index >= 15 is 0 Å². The molecule has 2 aromatic carbocycles. The fourth-order valence-electron chi connectivity index (χ4n) is 2.52. The fourth-order valence-corrected chi connectivity index (χ4v) is 2.52. The Morgan fingerprint density at radius 3 is 2.94 bits per heavy atom. The molecular weight excluding hydrogens is 212 g/mol. The summed E-state index contributed by atoms with van der Waals surface area (Å²) < 4.78 is 5.81. The van der Waals surface area contributed by atoms with Gasteiger partial charge in [-0.05, 0) is 23.8 Å². The number of hydrogen-bond acceptors (Lipinski definition) is 2. The minimum Gasteiger partial charge on any atom is -0.489 e. The van der Waals surface area contributed by atoms with Crippen LogP contribution in [-0.2, 0) is 11.2 Å². The van der Waals surface area contributed by atoms with Crippen molar-refractivity contribution in [3.8, 4) is 5.75 Å². The minimum absolute atomic E-state index is 0.0216. The second kappa shape index (κ2) is 3.88. The lowest BCUT2D eigenvalue weighted by molar-refractivity contribution is -0.118. The van der Waals surface area contributed by atoms with E-state index in [1.807, 2.05) is 18.2 Å². The van der Waals surface area contributed by atoms with Gasteiger partial charge in [0.2, 0.25) is 0 Å². The van der Waals surface area contributed by atoms with Gasteiger partial charge in [0.1, 0.15) is 17.6 Å². The molecule has 0 bridgehead atoms. The predicted molar refractivity (Wildman–Crippen MR) is 67.4 cm³/mol. The first kappa shape index (κ1) is 10.3. The van der Waals surface area contributed by atoms with E-state index in [1.54, 1.807) is 6.92 Å². The van der Waals surface area contributed by atoms with Crippen LogP contribution in [0.5, 0.6) is 5.75 Å². The molecule has 2 nitrogen and oxygen atoms in total. The molecule has 0 N–H and O–H groups in total. The summed E-state index contributed by atoms with van der Waals surface area (Å²) in [4.78, 5) is 11.1. The van der Waals surface area contributed by atoms with E-state index in [1.165, 1.54) is 16.3 Å². The number of ether oxygens (including phenoxy) is 1. The Morgan fingerprint density at radius 1 is 1.29 bits per heavy atom. The number of carbonyl (C=O) groups excluding carboxylic acids is 1. The molecule has 2 heteroatoms. The zero-order valence-electron chi connectivity index (χ0n) is 9.77. The molecule has 2 aromatic rings. The topological polar surface area (TPSA) is 26.3 Å². The number of Topliss-reactive ketones (excluding diaryl/α,β-unsaturated/α-hetero) is 1. The van der Waals surface area contributed by atoms with Crippen LogP contribution in [0.15, 0.2) is 36.4 Å². The number of carbonyl (C=O) groups is 1. The molecule has 17 heavy (non-hydrogen) atoms. The maximum Gasteiger partial charge on any atom is 0.133 e. The van der Waals surface area contributed by atoms with Crippen molar-refractivity contribution in [3.63, 3.8) is 0 Å². The van der Waals surface area contributed by atoms with Gasteiger partial charge in [0.25, 0.3) is 0 Å². The molecule has 1 atom stereocenters. The van der Waals surface area contributed by atoms with Crippen LogP contribution in [0.1, 0.15) is 18.9 Å². The largest absolute Gasteiger partial charge is 0.489 e. The maximum atomic E-state index is 11.1. The first-order valence-corrected chi connectivity index (χ1v) is 5.91. The van der Waals surface area contributed by atoms with Crippen LogP contribution in [0, 0.1) is 0 Å². The summed E-state index contributed by atoms with van der Waals surface area (Å²) >= 11 is 0. The lowest BCUT2D eigenvalue weighted by atomic mass is 10.00. The molecule has 0 radical (unpaired) electrons. The molecule has 1 heterocycles. The predicted octanol–water partition coefficient (Wildman–Crippen LogP) is 3.12. The van der Waals surface area contributed by atoms with E-state index in [2.05, 4.69) is 18.2 Å². The van der Waals surface area contributed by atoms with Crippen molar-refractivity contribution in [2.24, 2.45) is 0 Å². The monoisotopic (exact) mass is 226 g/mol. The smallest absolute Gasteiger partial charge is 0.133 e. The average Bonchev–Trinajstić information content (AvgIpc) is 2.70. The molecule has 1 aliphatic rings.